The normalized spacial score (nSPS) is 13.0. The number of anilines is 1. The summed E-state index contributed by atoms with van der Waals surface area (Å²) in [6.07, 6.45) is 0. The lowest BCUT2D eigenvalue weighted by atomic mass is 10.3. The lowest BCUT2D eigenvalue weighted by Crippen LogP contribution is -2.24. The van der Waals surface area contributed by atoms with E-state index >= 15 is 0 Å². The van der Waals surface area contributed by atoms with Gasteiger partial charge < -0.3 is 9.32 Å². The Morgan fingerprint density at radius 2 is 2.20 bits per heavy atom. The van der Waals surface area contributed by atoms with Crippen molar-refractivity contribution in [3.05, 3.63) is 24.3 Å². The van der Waals surface area contributed by atoms with Crippen LogP contribution in [0.25, 0.3) is 11.1 Å². The molecule has 2 rings (SSSR count). The van der Waals surface area contributed by atoms with E-state index in [9.17, 15) is 0 Å². The maximum Gasteiger partial charge on any atom is 0.298 e. The molecule has 0 spiro atoms. The van der Waals surface area contributed by atoms with Crippen molar-refractivity contribution < 1.29 is 4.42 Å². The Bertz CT molecular complexity index is 420. The quantitative estimate of drug-likeness (QED) is 0.751. The maximum absolute atomic E-state index is 5.91. The predicted octanol–water partition coefficient (Wildman–Crippen LogP) is 2.89. The average molecular weight is 225 g/mol. The summed E-state index contributed by atoms with van der Waals surface area (Å²) < 4.78 is 5.59. The molecule has 0 aliphatic carbocycles. The number of benzene rings is 1. The van der Waals surface area contributed by atoms with Crippen molar-refractivity contribution in [2.75, 3.05) is 18.5 Å². The number of halogens is 1. The fourth-order valence-electron chi connectivity index (χ4n) is 1.48. The van der Waals surface area contributed by atoms with Gasteiger partial charge in [-0.1, -0.05) is 12.1 Å². The van der Waals surface area contributed by atoms with E-state index in [2.05, 4.69) is 4.98 Å². The van der Waals surface area contributed by atoms with E-state index in [0.29, 0.717) is 12.6 Å². The first-order chi connectivity index (χ1) is 7.16. The summed E-state index contributed by atoms with van der Waals surface area (Å²) >= 11 is 5.91. The van der Waals surface area contributed by atoms with Crippen molar-refractivity contribution in [2.24, 2.45) is 0 Å². The maximum atomic E-state index is 5.91. The molecule has 2 aromatic rings. The summed E-state index contributed by atoms with van der Waals surface area (Å²) in [6, 6.07) is 8.33. The molecule has 80 valence electrons. The Kier molecular flexibility index (Phi) is 2.82. The largest absolute Gasteiger partial charge is 0.423 e. The predicted molar refractivity (Wildman–Crippen MR) is 62.6 cm³/mol. The highest BCUT2D eigenvalue weighted by molar-refractivity contribution is 6.20. The van der Waals surface area contributed by atoms with Crippen molar-refractivity contribution in [1.29, 1.82) is 0 Å². The second kappa shape index (κ2) is 4.11. The molecule has 3 nitrogen and oxygen atoms in total. The summed E-state index contributed by atoms with van der Waals surface area (Å²) in [5.74, 6) is 0. The monoisotopic (exact) mass is 224 g/mol. The van der Waals surface area contributed by atoms with Crippen LogP contribution in [0.2, 0.25) is 0 Å². The van der Waals surface area contributed by atoms with E-state index in [1.807, 2.05) is 43.1 Å². The van der Waals surface area contributed by atoms with E-state index in [1.165, 1.54) is 0 Å². The number of oxazole rings is 1. The number of nitrogens with zero attached hydrogens (tertiary/aromatic N) is 2. The molecule has 0 bridgehead atoms. The van der Waals surface area contributed by atoms with Gasteiger partial charge >= 0.3 is 0 Å². The molecular formula is C11H13ClN2O. The molecule has 15 heavy (non-hydrogen) atoms. The minimum Gasteiger partial charge on any atom is -0.423 e. The van der Waals surface area contributed by atoms with E-state index in [4.69, 9.17) is 16.0 Å². The molecule has 0 radical (unpaired) electrons. The topological polar surface area (TPSA) is 29.3 Å². The Balaban J connectivity index is 2.28. The highest BCUT2D eigenvalue weighted by Gasteiger charge is 2.11. The molecule has 1 atom stereocenters. The highest BCUT2D eigenvalue weighted by Crippen LogP contribution is 2.20. The van der Waals surface area contributed by atoms with Gasteiger partial charge in [-0.25, -0.2) is 0 Å². The zero-order valence-electron chi connectivity index (χ0n) is 8.77. The Labute approximate surface area is 93.6 Å². The number of alkyl halides is 1. The van der Waals surface area contributed by atoms with Crippen LogP contribution in [0.5, 0.6) is 0 Å². The van der Waals surface area contributed by atoms with Crippen LogP contribution in [-0.2, 0) is 0 Å². The number of hydrogen-bond acceptors (Lipinski definition) is 3. The second-order valence-corrected chi connectivity index (χ2v) is 4.37. The van der Waals surface area contributed by atoms with Crippen molar-refractivity contribution in [1.82, 2.24) is 4.98 Å². The van der Waals surface area contributed by atoms with Crippen LogP contribution >= 0.6 is 11.6 Å². The van der Waals surface area contributed by atoms with Gasteiger partial charge in [-0.3, -0.25) is 0 Å². The van der Waals surface area contributed by atoms with Gasteiger partial charge in [0.15, 0.2) is 5.58 Å². The van der Waals surface area contributed by atoms with E-state index in [-0.39, 0.29) is 5.38 Å². The molecule has 0 saturated heterocycles. The first kappa shape index (κ1) is 10.3. The van der Waals surface area contributed by atoms with Crippen LogP contribution in [0.1, 0.15) is 6.92 Å². The zero-order chi connectivity index (χ0) is 10.8. The number of fused-ring (bicyclic) bond motifs is 1. The minimum atomic E-state index is 0.0741. The van der Waals surface area contributed by atoms with Gasteiger partial charge in [-0.15, -0.1) is 11.6 Å². The third-order valence-electron chi connectivity index (χ3n) is 2.13. The number of hydrogen-bond donors (Lipinski definition) is 0. The molecule has 0 fully saturated rings. The summed E-state index contributed by atoms with van der Waals surface area (Å²) in [5, 5.41) is 0.0741. The average Bonchev–Trinajstić information content (AvgIpc) is 2.59. The lowest BCUT2D eigenvalue weighted by Gasteiger charge is -2.15. The van der Waals surface area contributed by atoms with Gasteiger partial charge in [-0.05, 0) is 19.1 Å². The van der Waals surface area contributed by atoms with Gasteiger partial charge in [-0.2, -0.15) is 4.98 Å². The summed E-state index contributed by atoms with van der Waals surface area (Å²) in [6.45, 7) is 2.66. The van der Waals surface area contributed by atoms with Crippen molar-refractivity contribution in [2.45, 2.75) is 12.3 Å². The highest BCUT2D eigenvalue weighted by atomic mass is 35.5. The van der Waals surface area contributed by atoms with Gasteiger partial charge in [0.2, 0.25) is 0 Å². The van der Waals surface area contributed by atoms with Gasteiger partial charge in [0.05, 0.1) is 0 Å². The Hall–Kier alpha value is -1.22. The molecule has 4 heteroatoms. The van der Waals surface area contributed by atoms with Gasteiger partial charge in [0, 0.05) is 19.0 Å². The lowest BCUT2D eigenvalue weighted by molar-refractivity contribution is 0.582. The summed E-state index contributed by atoms with van der Waals surface area (Å²) in [7, 11) is 1.92. The van der Waals surface area contributed by atoms with Gasteiger partial charge in [0.1, 0.15) is 5.52 Å². The fraction of sp³-hybridized carbons (Fsp3) is 0.364. The van der Waals surface area contributed by atoms with Gasteiger partial charge in [0.25, 0.3) is 6.01 Å². The third kappa shape index (κ3) is 2.23. The van der Waals surface area contributed by atoms with Crippen LogP contribution in [0, 0.1) is 0 Å². The van der Waals surface area contributed by atoms with Crippen LogP contribution in [0.15, 0.2) is 28.7 Å². The van der Waals surface area contributed by atoms with E-state index < -0.39 is 0 Å². The minimum absolute atomic E-state index is 0.0741. The second-order valence-electron chi connectivity index (χ2n) is 3.63. The molecule has 1 aromatic carbocycles. The van der Waals surface area contributed by atoms with Crippen LogP contribution in [0.3, 0.4) is 0 Å². The number of aromatic nitrogens is 1. The third-order valence-corrected chi connectivity index (χ3v) is 2.27. The molecule has 0 aliphatic heterocycles. The Morgan fingerprint density at radius 1 is 1.47 bits per heavy atom. The van der Waals surface area contributed by atoms with Crippen molar-refractivity contribution in [3.63, 3.8) is 0 Å². The first-order valence-electron chi connectivity index (χ1n) is 4.87. The van der Waals surface area contributed by atoms with Crippen LogP contribution in [-0.4, -0.2) is 24.0 Å². The molecule has 1 aromatic heterocycles. The zero-order valence-corrected chi connectivity index (χ0v) is 9.53. The van der Waals surface area contributed by atoms with E-state index in [0.717, 1.165) is 11.1 Å². The molecule has 1 heterocycles. The molecule has 0 aliphatic rings. The fourth-order valence-corrected chi connectivity index (χ4v) is 1.69. The number of rotatable bonds is 3. The SMILES string of the molecule is CC(Cl)CN(C)c1nc2ccccc2o1. The molecule has 1 unspecified atom stereocenters. The van der Waals surface area contributed by atoms with Crippen LogP contribution in [0.4, 0.5) is 6.01 Å². The van der Waals surface area contributed by atoms with E-state index in [1.54, 1.807) is 0 Å². The molecule has 0 amide bonds. The summed E-state index contributed by atoms with van der Waals surface area (Å²) in [4.78, 5) is 6.28. The van der Waals surface area contributed by atoms with Crippen molar-refractivity contribution >= 4 is 28.7 Å². The first-order valence-corrected chi connectivity index (χ1v) is 5.31. The Morgan fingerprint density at radius 3 is 2.87 bits per heavy atom. The smallest absolute Gasteiger partial charge is 0.298 e. The molecular weight excluding hydrogens is 212 g/mol. The van der Waals surface area contributed by atoms with Crippen molar-refractivity contribution in [3.8, 4) is 0 Å². The molecule has 0 saturated carbocycles. The molecule has 0 N–H and O–H groups in total. The number of para-hydroxylation sites is 2. The summed E-state index contributed by atoms with van der Waals surface area (Å²) in [5.41, 5.74) is 1.68. The van der Waals surface area contributed by atoms with Crippen LogP contribution < -0.4 is 4.90 Å². The standard InChI is InChI=1S/C11H13ClN2O/c1-8(12)7-14(2)11-13-9-5-3-4-6-10(9)15-11/h3-6,8H,7H2,1-2H3.